The number of rotatable bonds is 2. The van der Waals surface area contributed by atoms with Crippen molar-refractivity contribution in [2.45, 2.75) is 18.4 Å². The smallest absolute Gasteiger partial charge is 0.0602 e. The second kappa shape index (κ2) is 2.90. The lowest BCUT2D eigenvalue weighted by molar-refractivity contribution is 0.708. The highest BCUT2D eigenvalue weighted by molar-refractivity contribution is 5.60. The van der Waals surface area contributed by atoms with Gasteiger partial charge in [0.2, 0.25) is 0 Å². The standard InChI is InChI=1S/C11H12N4/c12-11(3-4-11)10-2-1-8(5-13-10)9-6-14-15-7-9/h1-2,5-7H,3-4,12H2,(H,14,15). The average Bonchev–Trinajstić information content (AvgIpc) is 2.84. The Morgan fingerprint density at radius 2 is 2.07 bits per heavy atom. The Hall–Kier alpha value is -1.68. The Labute approximate surface area is 87.5 Å². The Morgan fingerprint density at radius 3 is 2.60 bits per heavy atom. The van der Waals surface area contributed by atoms with E-state index in [-0.39, 0.29) is 5.54 Å². The van der Waals surface area contributed by atoms with Gasteiger partial charge in [0.1, 0.15) is 0 Å². The van der Waals surface area contributed by atoms with Crippen molar-refractivity contribution < 1.29 is 0 Å². The number of hydrogen-bond acceptors (Lipinski definition) is 3. The monoisotopic (exact) mass is 200 g/mol. The summed E-state index contributed by atoms with van der Waals surface area (Å²) in [7, 11) is 0. The van der Waals surface area contributed by atoms with Gasteiger partial charge in [-0.15, -0.1) is 0 Å². The molecule has 3 N–H and O–H groups in total. The van der Waals surface area contributed by atoms with Crippen molar-refractivity contribution in [1.82, 2.24) is 15.2 Å². The van der Waals surface area contributed by atoms with Gasteiger partial charge in [0, 0.05) is 23.5 Å². The van der Waals surface area contributed by atoms with Crippen LogP contribution in [0.4, 0.5) is 0 Å². The van der Waals surface area contributed by atoms with E-state index >= 15 is 0 Å². The highest BCUT2D eigenvalue weighted by Gasteiger charge is 2.41. The van der Waals surface area contributed by atoms with E-state index in [2.05, 4.69) is 15.2 Å². The molecule has 2 heterocycles. The number of pyridine rings is 1. The fourth-order valence-electron chi connectivity index (χ4n) is 1.66. The molecule has 0 unspecified atom stereocenters. The Morgan fingerprint density at radius 1 is 1.20 bits per heavy atom. The molecule has 1 saturated carbocycles. The summed E-state index contributed by atoms with van der Waals surface area (Å²) in [5, 5.41) is 6.69. The molecule has 4 heteroatoms. The van der Waals surface area contributed by atoms with Crippen LogP contribution in [0.15, 0.2) is 30.7 Å². The summed E-state index contributed by atoms with van der Waals surface area (Å²) in [4.78, 5) is 4.40. The second-order valence-corrected chi connectivity index (χ2v) is 4.08. The summed E-state index contributed by atoms with van der Waals surface area (Å²) in [6, 6.07) is 4.05. The van der Waals surface area contributed by atoms with Gasteiger partial charge < -0.3 is 5.73 Å². The number of hydrogen-bond donors (Lipinski definition) is 2. The topological polar surface area (TPSA) is 67.6 Å². The van der Waals surface area contributed by atoms with Crippen LogP contribution in [0.2, 0.25) is 0 Å². The van der Waals surface area contributed by atoms with Gasteiger partial charge in [0.15, 0.2) is 0 Å². The van der Waals surface area contributed by atoms with Crippen LogP contribution in [0.3, 0.4) is 0 Å². The summed E-state index contributed by atoms with van der Waals surface area (Å²) in [5.41, 5.74) is 9.03. The molecule has 15 heavy (non-hydrogen) atoms. The number of aromatic amines is 1. The highest BCUT2D eigenvalue weighted by Crippen LogP contribution is 2.41. The minimum atomic E-state index is -0.144. The predicted molar refractivity (Wildman–Crippen MR) is 56.9 cm³/mol. The SMILES string of the molecule is NC1(c2ccc(-c3cn[nH]c3)cn2)CC1. The lowest BCUT2D eigenvalue weighted by Gasteiger charge is -2.07. The van der Waals surface area contributed by atoms with Crippen molar-refractivity contribution in [3.8, 4) is 11.1 Å². The zero-order chi connectivity index (χ0) is 10.3. The molecule has 2 aromatic rings. The van der Waals surface area contributed by atoms with Gasteiger partial charge in [0.05, 0.1) is 17.4 Å². The maximum Gasteiger partial charge on any atom is 0.0602 e. The highest BCUT2D eigenvalue weighted by atomic mass is 15.1. The number of nitrogens with one attached hydrogen (secondary N) is 1. The molecule has 0 bridgehead atoms. The van der Waals surface area contributed by atoms with Crippen LogP contribution in [0.1, 0.15) is 18.5 Å². The van der Waals surface area contributed by atoms with E-state index in [0.717, 1.165) is 29.7 Å². The van der Waals surface area contributed by atoms with E-state index in [0.29, 0.717) is 0 Å². The van der Waals surface area contributed by atoms with E-state index in [1.54, 1.807) is 6.20 Å². The van der Waals surface area contributed by atoms with Gasteiger partial charge in [-0.25, -0.2) is 0 Å². The minimum Gasteiger partial charge on any atom is -0.320 e. The quantitative estimate of drug-likeness (QED) is 0.770. The summed E-state index contributed by atoms with van der Waals surface area (Å²) in [5.74, 6) is 0. The Balaban J connectivity index is 1.94. The van der Waals surface area contributed by atoms with Crippen molar-refractivity contribution in [2.24, 2.45) is 5.73 Å². The van der Waals surface area contributed by atoms with Crippen molar-refractivity contribution in [3.63, 3.8) is 0 Å². The fraction of sp³-hybridized carbons (Fsp3) is 0.273. The number of H-pyrrole nitrogens is 1. The fourth-order valence-corrected chi connectivity index (χ4v) is 1.66. The summed E-state index contributed by atoms with van der Waals surface area (Å²) in [6.45, 7) is 0. The molecule has 3 rings (SSSR count). The van der Waals surface area contributed by atoms with E-state index in [1.165, 1.54) is 0 Å². The lowest BCUT2D eigenvalue weighted by Crippen LogP contribution is -2.19. The van der Waals surface area contributed by atoms with Crippen LogP contribution in [0.5, 0.6) is 0 Å². The first kappa shape index (κ1) is 8.61. The van der Waals surface area contributed by atoms with Crippen molar-refractivity contribution in [1.29, 1.82) is 0 Å². The van der Waals surface area contributed by atoms with Crippen molar-refractivity contribution in [2.75, 3.05) is 0 Å². The van der Waals surface area contributed by atoms with E-state index in [4.69, 9.17) is 5.73 Å². The molecular weight excluding hydrogens is 188 g/mol. The molecule has 0 atom stereocenters. The molecule has 0 radical (unpaired) electrons. The van der Waals surface area contributed by atoms with E-state index in [1.807, 2.05) is 24.5 Å². The van der Waals surface area contributed by atoms with Crippen LogP contribution in [-0.2, 0) is 5.54 Å². The third-order valence-electron chi connectivity index (χ3n) is 2.89. The normalized spacial score (nSPS) is 17.7. The molecule has 1 aliphatic carbocycles. The van der Waals surface area contributed by atoms with Gasteiger partial charge in [-0.1, -0.05) is 6.07 Å². The van der Waals surface area contributed by atoms with Crippen LogP contribution < -0.4 is 5.73 Å². The zero-order valence-corrected chi connectivity index (χ0v) is 8.27. The first-order valence-electron chi connectivity index (χ1n) is 5.02. The van der Waals surface area contributed by atoms with Crippen LogP contribution in [0, 0.1) is 0 Å². The minimum absolute atomic E-state index is 0.144. The zero-order valence-electron chi connectivity index (χ0n) is 8.27. The van der Waals surface area contributed by atoms with Crippen LogP contribution in [-0.4, -0.2) is 15.2 Å². The third-order valence-corrected chi connectivity index (χ3v) is 2.89. The summed E-state index contributed by atoms with van der Waals surface area (Å²) < 4.78 is 0. The van der Waals surface area contributed by atoms with Gasteiger partial charge in [-0.05, 0) is 18.9 Å². The molecule has 0 amide bonds. The van der Waals surface area contributed by atoms with Gasteiger partial charge in [-0.2, -0.15) is 5.10 Å². The van der Waals surface area contributed by atoms with Crippen LogP contribution >= 0.6 is 0 Å². The molecule has 1 aliphatic rings. The average molecular weight is 200 g/mol. The molecule has 4 nitrogen and oxygen atoms in total. The predicted octanol–water partition coefficient (Wildman–Crippen LogP) is 1.42. The molecule has 0 aromatic carbocycles. The van der Waals surface area contributed by atoms with E-state index in [9.17, 15) is 0 Å². The first-order chi connectivity index (χ1) is 7.28. The maximum atomic E-state index is 6.06. The number of nitrogens with two attached hydrogens (primary N) is 1. The van der Waals surface area contributed by atoms with Crippen molar-refractivity contribution in [3.05, 3.63) is 36.4 Å². The molecular formula is C11H12N4. The summed E-state index contributed by atoms with van der Waals surface area (Å²) >= 11 is 0. The van der Waals surface area contributed by atoms with E-state index < -0.39 is 0 Å². The van der Waals surface area contributed by atoms with Crippen LogP contribution in [0.25, 0.3) is 11.1 Å². The molecule has 2 aromatic heterocycles. The Kier molecular flexibility index (Phi) is 1.67. The Bertz CT molecular complexity index is 454. The maximum absolute atomic E-state index is 6.06. The lowest BCUT2D eigenvalue weighted by atomic mass is 10.1. The number of aromatic nitrogens is 3. The first-order valence-corrected chi connectivity index (χ1v) is 5.02. The van der Waals surface area contributed by atoms with Gasteiger partial charge in [-0.3, -0.25) is 10.1 Å². The molecule has 0 saturated heterocycles. The second-order valence-electron chi connectivity index (χ2n) is 4.08. The molecule has 0 aliphatic heterocycles. The van der Waals surface area contributed by atoms with Gasteiger partial charge >= 0.3 is 0 Å². The van der Waals surface area contributed by atoms with Gasteiger partial charge in [0.25, 0.3) is 0 Å². The molecule has 0 spiro atoms. The third kappa shape index (κ3) is 1.43. The summed E-state index contributed by atoms with van der Waals surface area (Å²) in [6.07, 6.45) is 7.58. The number of nitrogens with zero attached hydrogens (tertiary/aromatic N) is 2. The molecule has 1 fully saturated rings. The molecule has 76 valence electrons. The largest absolute Gasteiger partial charge is 0.320 e. The van der Waals surface area contributed by atoms with Crippen molar-refractivity contribution >= 4 is 0 Å².